The first-order chi connectivity index (χ1) is 21.3. The number of phenolic OH excluding ortho intramolecular Hbond substituents is 1. The number of hydrogen-bond donors (Lipinski definition) is 5. The second kappa shape index (κ2) is 12.0. The van der Waals surface area contributed by atoms with E-state index in [2.05, 4.69) is 4.90 Å². The quantitative estimate of drug-likeness (QED) is 0.209. The van der Waals surface area contributed by atoms with Gasteiger partial charge in [0.05, 0.1) is 11.6 Å². The van der Waals surface area contributed by atoms with Crippen LogP contribution in [0.2, 0.25) is 5.02 Å². The number of aliphatic hydroxyl groups excluding tert-OH is 2. The number of primary amides is 1. The Morgan fingerprint density at radius 3 is 2.22 bits per heavy atom. The lowest BCUT2D eigenvalue weighted by Gasteiger charge is -2.50. The minimum absolute atomic E-state index is 0.0303. The number of hydrogen-bond acceptors (Lipinski definition) is 9. The molecule has 0 unspecified atom stereocenters. The van der Waals surface area contributed by atoms with Crippen LogP contribution in [-0.2, 0) is 22.6 Å². The molecule has 0 bridgehead atoms. The first-order valence-electron chi connectivity index (χ1n) is 16.2. The number of allylic oxidation sites excluding steroid dienone is 1. The third-order valence-electron chi connectivity index (χ3n) is 10.8. The highest BCUT2D eigenvalue weighted by atomic mass is 35.5. The Morgan fingerprint density at radius 2 is 1.64 bits per heavy atom. The Balaban J connectivity index is 1.36. The second-order valence-corrected chi connectivity index (χ2v) is 14.6. The highest BCUT2D eigenvalue weighted by Gasteiger charge is 2.63. The number of carbonyl (C=O) groups excluding carboxylic acids is 3. The topological polar surface area (TPSA) is 165 Å². The van der Waals surface area contributed by atoms with Crippen molar-refractivity contribution in [3.63, 3.8) is 0 Å². The van der Waals surface area contributed by atoms with Gasteiger partial charge in [0, 0.05) is 36.1 Å². The first-order valence-corrected chi connectivity index (χ1v) is 16.6. The molecular formula is C34H44ClN3O7. The van der Waals surface area contributed by atoms with E-state index < -0.39 is 58.0 Å². The lowest BCUT2D eigenvalue weighted by atomic mass is 9.58. The summed E-state index contributed by atoms with van der Waals surface area (Å²) in [7, 11) is 3.22. The number of aliphatic hydroxyl groups is 3. The fraction of sp³-hybridized carbons (Fsp3) is 0.618. The predicted molar refractivity (Wildman–Crippen MR) is 168 cm³/mol. The molecule has 0 spiro atoms. The molecule has 0 radical (unpaired) electrons. The molecule has 2 saturated carbocycles. The maximum Gasteiger partial charge on any atom is 0.255 e. The number of nitrogens with zero attached hydrogens (tertiary/aromatic N) is 2. The molecular weight excluding hydrogens is 598 g/mol. The molecule has 0 saturated heterocycles. The van der Waals surface area contributed by atoms with E-state index in [0.717, 1.165) is 18.7 Å². The highest BCUT2D eigenvalue weighted by Crippen LogP contribution is 2.53. The predicted octanol–water partition coefficient (Wildman–Crippen LogP) is 3.96. The highest BCUT2D eigenvalue weighted by molar-refractivity contribution is 6.33. The van der Waals surface area contributed by atoms with E-state index in [9.17, 15) is 34.8 Å². The van der Waals surface area contributed by atoms with Gasteiger partial charge in [-0.3, -0.25) is 24.2 Å². The standard InChI is InChI=1S/C34H44ClN3O7/c1-37(2)28-22-12-19-11-21-25(29(40)24(19)31(42)34(22,45)32(43)26(30(28)41)33(36)44)23(39)13-20(27(21)35)16-38(15-18-9-10-18)14-17-7-5-3-4-6-8-17/h13,17-19,22,28,39,41-42,45H,3-12,14-16H2,1-2H3,(H2,36,44)/t19-,22-,28-,34-/m0/s1. The summed E-state index contributed by atoms with van der Waals surface area (Å²) in [5.74, 6) is -5.39. The SMILES string of the molecule is CN(C)[C@@H]1C(O)=C(C(N)=O)C(=O)[C@@]2(O)C(O)=C3C(=O)c4c(O)cc(CN(CC5CCCCCC5)CC5CC5)c(Cl)c4C[C@H]3C[C@@H]12. The molecule has 11 heteroatoms. The summed E-state index contributed by atoms with van der Waals surface area (Å²) in [5, 5.41) is 45.9. The number of nitrogens with two attached hydrogens (primary N) is 1. The van der Waals surface area contributed by atoms with E-state index in [1.165, 1.54) is 62.3 Å². The van der Waals surface area contributed by atoms with Gasteiger partial charge in [-0.15, -0.1) is 0 Å². The van der Waals surface area contributed by atoms with Gasteiger partial charge in [0.1, 0.15) is 22.8 Å². The van der Waals surface area contributed by atoms with Gasteiger partial charge in [0.15, 0.2) is 11.4 Å². The van der Waals surface area contributed by atoms with E-state index >= 15 is 0 Å². The largest absolute Gasteiger partial charge is 0.510 e. The van der Waals surface area contributed by atoms with Gasteiger partial charge in [-0.2, -0.15) is 0 Å². The first kappa shape index (κ1) is 32.0. The normalized spacial score (nSPS) is 29.2. The lowest BCUT2D eigenvalue weighted by molar-refractivity contribution is -0.148. The molecule has 6 rings (SSSR count). The fourth-order valence-electron chi connectivity index (χ4n) is 8.49. The molecule has 1 aromatic rings. The van der Waals surface area contributed by atoms with Crippen molar-refractivity contribution in [1.29, 1.82) is 0 Å². The van der Waals surface area contributed by atoms with Gasteiger partial charge in [-0.25, -0.2) is 0 Å². The van der Waals surface area contributed by atoms with Crippen molar-refractivity contribution in [3.8, 4) is 5.75 Å². The average Bonchev–Trinajstić information content (AvgIpc) is 3.81. The number of amides is 1. The van der Waals surface area contributed by atoms with E-state index in [1.54, 1.807) is 14.1 Å². The Kier molecular flexibility index (Phi) is 8.56. The van der Waals surface area contributed by atoms with Crippen LogP contribution < -0.4 is 5.73 Å². The van der Waals surface area contributed by atoms with Crippen LogP contribution in [0.15, 0.2) is 28.7 Å². The van der Waals surface area contributed by atoms with E-state index in [-0.39, 0.29) is 29.7 Å². The molecule has 244 valence electrons. The maximum atomic E-state index is 14.0. The Bertz CT molecular complexity index is 1490. The van der Waals surface area contributed by atoms with Crippen LogP contribution >= 0.6 is 11.6 Å². The number of phenols is 1. The van der Waals surface area contributed by atoms with Crippen molar-refractivity contribution in [2.75, 3.05) is 27.2 Å². The Morgan fingerprint density at radius 1 is 1.02 bits per heavy atom. The number of halogens is 1. The minimum Gasteiger partial charge on any atom is -0.510 e. The summed E-state index contributed by atoms with van der Waals surface area (Å²) in [6, 6.07) is 0.495. The monoisotopic (exact) mass is 641 g/mol. The van der Waals surface area contributed by atoms with Gasteiger partial charge in [-0.1, -0.05) is 37.3 Å². The van der Waals surface area contributed by atoms with Crippen LogP contribution in [0.5, 0.6) is 5.75 Å². The molecule has 1 aromatic carbocycles. The third-order valence-corrected chi connectivity index (χ3v) is 11.3. The number of ketones is 2. The van der Waals surface area contributed by atoms with E-state index in [0.29, 0.717) is 29.0 Å². The molecule has 4 atom stereocenters. The Labute approximate surface area is 268 Å². The number of likely N-dealkylation sites (N-methyl/N-ethyl adjacent to an activating group) is 1. The number of Topliss-reactive ketones (excluding diaryl/α,β-unsaturated/α-hetero) is 2. The number of benzene rings is 1. The van der Waals surface area contributed by atoms with E-state index in [4.69, 9.17) is 17.3 Å². The summed E-state index contributed by atoms with van der Waals surface area (Å²) in [6.45, 7) is 2.49. The van der Waals surface area contributed by atoms with Gasteiger partial charge in [-0.05, 0) is 87.6 Å². The maximum absolute atomic E-state index is 14.0. The molecule has 45 heavy (non-hydrogen) atoms. The Hall–Kier alpha value is -2.92. The summed E-state index contributed by atoms with van der Waals surface area (Å²) >= 11 is 7.06. The molecule has 10 nitrogen and oxygen atoms in total. The van der Waals surface area contributed by atoms with Gasteiger partial charge >= 0.3 is 0 Å². The van der Waals surface area contributed by atoms with Crippen LogP contribution in [0, 0.1) is 23.7 Å². The number of carbonyl (C=O) groups is 3. The third kappa shape index (κ3) is 5.47. The van der Waals surface area contributed by atoms with Crippen molar-refractivity contribution < 1.29 is 34.8 Å². The van der Waals surface area contributed by atoms with Crippen molar-refractivity contribution in [3.05, 3.63) is 50.4 Å². The molecule has 1 amide bonds. The number of rotatable bonds is 8. The van der Waals surface area contributed by atoms with Crippen LogP contribution in [0.3, 0.4) is 0 Å². The number of aromatic hydroxyl groups is 1. The van der Waals surface area contributed by atoms with Crippen molar-refractivity contribution >= 4 is 29.1 Å². The van der Waals surface area contributed by atoms with Gasteiger partial charge in [0.25, 0.3) is 5.91 Å². The van der Waals surface area contributed by atoms with Crippen molar-refractivity contribution in [2.45, 2.75) is 82.4 Å². The lowest BCUT2D eigenvalue weighted by Crippen LogP contribution is -2.63. The molecule has 5 aliphatic rings. The zero-order chi connectivity index (χ0) is 32.4. The fourth-order valence-corrected chi connectivity index (χ4v) is 8.78. The zero-order valence-electron chi connectivity index (χ0n) is 26.0. The zero-order valence-corrected chi connectivity index (χ0v) is 26.8. The van der Waals surface area contributed by atoms with E-state index in [1.807, 2.05) is 0 Å². The second-order valence-electron chi connectivity index (χ2n) is 14.2. The summed E-state index contributed by atoms with van der Waals surface area (Å²) in [6.07, 6.45) is 10.2. The molecule has 2 fully saturated rings. The van der Waals surface area contributed by atoms with Crippen LogP contribution in [-0.4, -0.2) is 86.5 Å². The summed E-state index contributed by atoms with van der Waals surface area (Å²) < 4.78 is 0. The van der Waals surface area contributed by atoms with Crippen molar-refractivity contribution in [2.24, 2.45) is 29.4 Å². The average molecular weight is 642 g/mol. The van der Waals surface area contributed by atoms with Crippen molar-refractivity contribution in [1.82, 2.24) is 9.80 Å². The molecule has 0 aliphatic heterocycles. The van der Waals surface area contributed by atoms with Crippen LogP contribution in [0.4, 0.5) is 0 Å². The smallest absolute Gasteiger partial charge is 0.255 e. The molecule has 0 aromatic heterocycles. The summed E-state index contributed by atoms with van der Waals surface area (Å²) in [5.41, 5.74) is 2.91. The molecule has 6 N–H and O–H groups in total. The molecule has 0 heterocycles. The summed E-state index contributed by atoms with van der Waals surface area (Å²) in [4.78, 5) is 43.7. The van der Waals surface area contributed by atoms with Gasteiger partial charge < -0.3 is 26.2 Å². The minimum atomic E-state index is -2.66. The number of fused-ring (bicyclic) bond motifs is 3. The van der Waals surface area contributed by atoms with Gasteiger partial charge in [0.2, 0.25) is 5.78 Å². The van der Waals surface area contributed by atoms with Crippen LogP contribution in [0.1, 0.15) is 79.3 Å². The van der Waals surface area contributed by atoms with Crippen LogP contribution in [0.25, 0.3) is 0 Å². The molecule has 5 aliphatic carbocycles.